The van der Waals surface area contributed by atoms with Gasteiger partial charge in [0.2, 0.25) is 5.91 Å². The second kappa shape index (κ2) is 5.36. The summed E-state index contributed by atoms with van der Waals surface area (Å²) in [5.41, 5.74) is 7.07. The van der Waals surface area contributed by atoms with Gasteiger partial charge < -0.3 is 5.73 Å². The van der Waals surface area contributed by atoms with E-state index in [4.69, 9.17) is 5.73 Å². The highest BCUT2D eigenvalue weighted by Gasteiger charge is 2.10. The van der Waals surface area contributed by atoms with Crippen LogP contribution in [0.5, 0.6) is 0 Å². The standard InChI is InChI=1S/C12H14N4O/c13-5-4-11-8-14-9-16(11)12(17)7-10-3-1-2-6-15-10/h1-3,6,8-9H,4-5,7,13H2. The van der Waals surface area contributed by atoms with Crippen LogP contribution in [0.15, 0.2) is 36.9 Å². The molecule has 2 aromatic heterocycles. The van der Waals surface area contributed by atoms with Crippen molar-refractivity contribution in [2.75, 3.05) is 6.54 Å². The number of carbonyl (C=O) groups excluding carboxylic acids is 1. The molecular weight excluding hydrogens is 216 g/mol. The maximum Gasteiger partial charge on any atom is 0.238 e. The molecular formula is C12H14N4O. The van der Waals surface area contributed by atoms with E-state index >= 15 is 0 Å². The van der Waals surface area contributed by atoms with Crippen molar-refractivity contribution in [3.05, 3.63) is 48.3 Å². The van der Waals surface area contributed by atoms with Crippen LogP contribution in [0.25, 0.3) is 0 Å². The zero-order valence-electron chi connectivity index (χ0n) is 9.41. The highest BCUT2D eigenvalue weighted by Crippen LogP contribution is 2.03. The Kier molecular flexibility index (Phi) is 3.62. The number of aromatic nitrogens is 3. The summed E-state index contributed by atoms with van der Waals surface area (Å²) in [6.07, 6.45) is 5.79. The van der Waals surface area contributed by atoms with Crippen molar-refractivity contribution in [3.63, 3.8) is 0 Å². The van der Waals surface area contributed by atoms with Crippen LogP contribution >= 0.6 is 0 Å². The molecule has 0 amide bonds. The predicted octanol–water partition coefficient (Wildman–Crippen LogP) is 0.662. The fourth-order valence-electron chi connectivity index (χ4n) is 1.62. The molecule has 0 bridgehead atoms. The van der Waals surface area contributed by atoms with Crippen LogP contribution in [0.2, 0.25) is 0 Å². The third kappa shape index (κ3) is 2.76. The number of hydrogen-bond donors (Lipinski definition) is 1. The topological polar surface area (TPSA) is 73.8 Å². The minimum Gasteiger partial charge on any atom is -0.330 e. The molecule has 2 rings (SSSR count). The zero-order valence-corrected chi connectivity index (χ0v) is 9.41. The maximum atomic E-state index is 12.0. The van der Waals surface area contributed by atoms with Crippen molar-refractivity contribution >= 4 is 5.91 Å². The SMILES string of the molecule is NCCc1cncn1C(=O)Cc1ccccn1. The number of nitrogens with two attached hydrogens (primary N) is 1. The summed E-state index contributed by atoms with van der Waals surface area (Å²) < 4.78 is 1.54. The first-order chi connectivity index (χ1) is 8.31. The second-order valence-electron chi connectivity index (χ2n) is 3.69. The summed E-state index contributed by atoms with van der Waals surface area (Å²) in [5, 5.41) is 0. The average molecular weight is 230 g/mol. The first-order valence-electron chi connectivity index (χ1n) is 5.45. The maximum absolute atomic E-state index is 12.0. The van der Waals surface area contributed by atoms with Crippen LogP contribution in [0.1, 0.15) is 16.2 Å². The van der Waals surface area contributed by atoms with Crippen molar-refractivity contribution in [3.8, 4) is 0 Å². The van der Waals surface area contributed by atoms with Crippen LogP contribution in [-0.4, -0.2) is 27.0 Å². The molecule has 0 saturated heterocycles. The average Bonchev–Trinajstić information content (AvgIpc) is 2.79. The number of imidazole rings is 1. The molecule has 0 aromatic carbocycles. The molecule has 0 fully saturated rings. The van der Waals surface area contributed by atoms with Crippen molar-refractivity contribution in [1.82, 2.24) is 14.5 Å². The normalized spacial score (nSPS) is 10.4. The number of nitrogens with zero attached hydrogens (tertiary/aromatic N) is 3. The Morgan fingerprint density at radius 3 is 3.00 bits per heavy atom. The molecule has 0 unspecified atom stereocenters. The van der Waals surface area contributed by atoms with Crippen LogP contribution in [0.3, 0.4) is 0 Å². The lowest BCUT2D eigenvalue weighted by Crippen LogP contribution is -2.17. The summed E-state index contributed by atoms with van der Waals surface area (Å²) >= 11 is 0. The lowest BCUT2D eigenvalue weighted by atomic mass is 10.2. The van der Waals surface area contributed by atoms with Gasteiger partial charge >= 0.3 is 0 Å². The molecule has 17 heavy (non-hydrogen) atoms. The highest BCUT2D eigenvalue weighted by atomic mass is 16.2. The number of pyridine rings is 1. The van der Waals surface area contributed by atoms with E-state index in [9.17, 15) is 4.79 Å². The summed E-state index contributed by atoms with van der Waals surface area (Å²) in [6.45, 7) is 0.503. The second-order valence-corrected chi connectivity index (χ2v) is 3.69. The van der Waals surface area contributed by atoms with E-state index < -0.39 is 0 Å². The van der Waals surface area contributed by atoms with Gasteiger partial charge in [0, 0.05) is 30.2 Å². The van der Waals surface area contributed by atoms with Gasteiger partial charge in [-0.05, 0) is 18.7 Å². The van der Waals surface area contributed by atoms with Gasteiger partial charge in [-0.2, -0.15) is 0 Å². The third-order valence-corrected chi connectivity index (χ3v) is 2.44. The van der Waals surface area contributed by atoms with Gasteiger partial charge in [-0.15, -0.1) is 0 Å². The molecule has 0 aliphatic heterocycles. The largest absolute Gasteiger partial charge is 0.330 e. The summed E-state index contributed by atoms with van der Waals surface area (Å²) in [5.74, 6) is -0.0374. The van der Waals surface area contributed by atoms with Crippen molar-refractivity contribution in [1.29, 1.82) is 0 Å². The van der Waals surface area contributed by atoms with Gasteiger partial charge in [0.05, 0.1) is 6.42 Å². The molecule has 2 aromatic rings. The molecule has 5 heteroatoms. The molecule has 0 saturated carbocycles. The van der Waals surface area contributed by atoms with E-state index in [-0.39, 0.29) is 12.3 Å². The Bertz CT molecular complexity index is 492. The van der Waals surface area contributed by atoms with Gasteiger partial charge in [-0.1, -0.05) is 6.07 Å². The molecule has 88 valence electrons. The Morgan fingerprint density at radius 2 is 2.29 bits per heavy atom. The fraction of sp³-hybridized carbons (Fsp3) is 0.250. The van der Waals surface area contributed by atoms with Gasteiger partial charge in [-0.25, -0.2) is 4.98 Å². The van der Waals surface area contributed by atoms with Gasteiger partial charge in [0.1, 0.15) is 6.33 Å². The van der Waals surface area contributed by atoms with E-state index in [0.29, 0.717) is 13.0 Å². The zero-order chi connectivity index (χ0) is 12.1. The smallest absolute Gasteiger partial charge is 0.238 e. The molecule has 0 spiro atoms. The van der Waals surface area contributed by atoms with Crippen LogP contribution in [0.4, 0.5) is 0 Å². The van der Waals surface area contributed by atoms with Crippen LogP contribution < -0.4 is 5.73 Å². The van der Waals surface area contributed by atoms with Crippen LogP contribution in [0, 0.1) is 0 Å². The molecule has 2 heterocycles. The van der Waals surface area contributed by atoms with E-state index in [2.05, 4.69) is 9.97 Å². The highest BCUT2D eigenvalue weighted by molar-refractivity contribution is 5.81. The Labute approximate surface area is 99.3 Å². The van der Waals surface area contributed by atoms with Crippen molar-refractivity contribution in [2.24, 2.45) is 5.73 Å². The number of rotatable bonds is 4. The fourth-order valence-corrected chi connectivity index (χ4v) is 1.62. The number of carbonyl (C=O) groups is 1. The molecule has 0 aliphatic rings. The predicted molar refractivity (Wildman–Crippen MR) is 63.6 cm³/mol. The third-order valence-electron chi connectivity index (χ3n) is 2.44. The van der Waals surface area contributed by atoms with Crippen molar-refractivity contribution < 1.29 is 4.79 Å². The van der Waals surface area contributed by atoms with Crippen LogP contribution in [-0.2, 0) is 12.8 Å². The Hall–Kier alpha value is -2.01. The minimum atomic E-state index is -0.0374. The van der Waals surface area contributed by atoms with E-state index in [0.717, 1.165) is 11.4 Å². The van der Waals surface area contributed by atoms with Gasteiger partial charge in [-0.3, -0.25) is 14.3 Å². The number of hydrogen-bond acceptors (Lipinski definition) is 4. The summed E-state index contributed by atoms with van der Waals surface area (Å²) in [4.78, 5) is 20.1. The van der Waals surface area contributed by atoms with E-state index in [1.165, 1.54) is 6.33 Å². The molecule has 0 atom stereocenters. The summed E-state index contributed by atoms with van der Waals surface area (Å²) in [6, 6.07) is 5.52. The van der Waals surface area contributed by atoms with E-state index in [1.807, 2.05) is 18.2 Å². The van der Waals surface area contributed by atoms with Gasteiger partial charge in [0.15, 0.2) is 0 Å². The first kappa shape index (κ1) is 11.5. The first-order valence-corrected chi connectivity index (χ1v) is 5.45. The molecule has 5 nitrogen and oxygen atoms in total. The minimum absolute atomic E-state index is 0.0374. The lowest BCUT2D eigenvalue weighted by Gasteiger charge is -2.05. The molecule has 0 aliphatic carbocycles. The summed E-state index contributed by atoms with van der Waals surface area (Å²) in [7, 11) is 0. The molecule has 0 radical (unpaired) electrons. The van der Waals surface area contributed by atoms with E-state index in [1.54, 1.807) is 17.0 Å². The Morgan fingerprint density at radius 1 is 1.41 bits per heavy atom. The monoisotopic (exact) mass is 230 g/mol. The van der Waals surface area contributed by atoms with Crippen molar-refractivity contribution in [2.45, 2.75) is 12.8 Å². The Balaban J connectivity index is 2.12. The quantitative estimate of drug-likeness (QED) is 0.837. The lowest BCUT2D eigenvalue weighted by molar-refractivity contribution is 0.0910. The molecule has 2 N–H and O–H groups in total. The van der Waals surface area contributed by atoms with Gasteiger partial charge in [0.25, 0.3) is 0 Å².